The molecule has 102 valence electrons. The zero-order valence-electron chi connectivity index (χ0n) is 9.04. The molecular weight excluding hydrogens is 336 g/mol. The van der Waals surface area contributed by atoms with Crippen molar-refractivity contribution in [1.82, 2.24) is 15.2 Å². The summed E-state index contributed by atoms with van der Waals surface area (Å²) in [6, 6.07) is 0. The van der Waals surface area contributed by atoms with E-state index < -0.39 is 35.0 Å². The van der Waals surface area contributed by atoms with Crippen molar-refractivity contribution >= 4 is 48.4 Å². The average molecular weight is 340 g/mol. The molecule has 0 saturated heterocycles. The van der Waals surface area contributed by atoms with Gasteiger partial charge in [-0.05, 0) is 21.4 Å². The maximum Gasteiger partial charge on any atom is 0.451 e. The molecular formula is C6H4N4O5S4. The first-order chi connectivity index (χ1) is 8.82. The Balaban J connectivity index is 2.45. The average Bonchev–Trinajstić information content (AvgIpc) is 2.99. The van der Waals surface area contributed by atoms with Gasteiger partial charge in [0.1, 0.15) is 4.21 Å². The normalized spacial score (nSPS) is 13.3. The predicted octanol–water partition coefficient (Wildman–Crippen LogP) is 0.473. The number of nitro groups is 1. The maximum absolute atomic E-state index is 12.0. The van der Waals surface area contributed by atoms with Crippen molar-refractivity contribution in [3.05, 3.63) is 16.3 Å². The largest absolute Gasteiger partial charge is 0.451 e. The van der Waals surface area contributed by atoms with E-state index in [2.05, 4.69) is 15.2 Å². The number of sulfone groups is 1. The van der Waals surface area contributed by atoms with Crippen molar-refractivity contribution in [1.29, 1.82) is 0 Å². The Hall–Kier alpha value is -1.31. The molecule has 0 radical (unpaired) electrons. The highest BCUT2D eigenvalue weighted by molar-refractivity contribution is 7.95. The highest BCUT2D eigenvalue weighted by Gasteiger charge is 2.30. The summed E-state index contributed by atoms with van der Waals surface area (Å²) in [4.78, 5) is 13.3. The topological polar surface area (TPSA) is 133 Å². The molecule has 13 heteroatoms. The summed E-state index contributed by atoms with van der Waals surface area (Å²) < 4.78 is 34.7. The minimum atomic E-state index is -4.05. The van der Waals surface area contributed by atoms with Gasteiger partial charge < -0.3 is 10.1 Å². The minimum absolute atomic E-state index is 0.289. The van der Waals surface area contributed by atoms with Crippen LogP contribution >= 0.6 is 22.7 Å². The van der Waals surface area contributed by atoms with Crippen LogP contribution in [0.4, 0.5) is 5.13 Å². The Bertz CT molecular complexity index is 704. The van der Waals surface area contributed by atoms with E-state index in [0.717, 1.165) is 11.3 Å². The van der Waals surface area contributed by atoms with E-state index in [1.807, 2.05) is 0 Å². The lowest BCUT2D eigenvalue weighted by Crippen LogP contribution is -2.00. The van der Waals surface area contributed by atoms with Crippen molar-refractivity contribution in [3.63, 3.8) is 0 Å². The van der Waals surface area contributed by atoms with Crippen molar-refractivity contribution < 1.29 is 17.6 Å². The van der Waals surface area contributed by atoms with Gasteiger partial charge in [0, 0.05) is 6.26 Å². The molecule has 2 aromatic heterocycles. The molecule has 0 N–H and O–H groups in total. The van der Waals surface area contributed by atoms with Crippen LogP contribution in [0.25, 0.3) is 0 Å². The second-order valence-electron chi connectivity index (χ2n) is 3.01. The Morgan fingerprint density at radius 1 is 1.32 bits per heavy atom. The van der Waals surface area contributed by atoms with E-state index in [1.165, 1.54) is 12.5 Å². The molecule has 2 aromatic rings. The van der Waals surface area contributed by atoms with Crippen LogP contribution < -0.4 is 0 Å². The molecule has 0 aliphatic rings. The van der Waals surface area contributed by atoms with Crippen LogP contribution in [0.3, 0.4) is 0 Å². The lowest BCUT2D eigenvalue weighted by Gasteiger charge is -1.91. The van der Waals surface area contributed by atoms with Crippen molar-refractivity contribution in [2.24, 2.45) is 0 Å². The minimum Gasteiger partial charge on any atom is -0.357 e. The Morgan fingerprint density at radius 3 is 2.47 bits per heavy atom. The predicted molar refractivity (Wildman–Crippen MR) is 66.5 cm³/mol. The van der Waals surface area contributed by atoms with Crippen LogP contribution in [0.1, 0.15) is 0 Å². The molecule has 0 aliphatic heterocycles. The first kappa shape index (κ1) is 14.1. The fourth-order valence-electron chi connectivity index (χ4n) is 0.961. The van der Waals surface area contributed by atoms with Crippen LogP contribution in [0.5, 0.6) is 0 Å². The van der Waals surface area contributed by atoms with Crippen LogP contribution in [0.15, 0.2) is 19.1 Å². The van der Waals surface area contributed by atoms with E-state index in [9.17, 15) is 22.7 Å². The van der Waals surface area contributed by atoms with Crippen LogP contribution in [-0.2, 0) is 20.6 Å². The van der Waals surface area contributed by atoms with Gasteiger partial charge in [0.25, 0.3) is 14.2 Å². The van der Waals surface area contributed by atoms with Crippen molar-refractivity contribution in [2.45, 2.75) is 12.9 Å². The number of nitrogens with zero attached hydrogens (tertiary/aromatic N) is 4. The van der Waals surface area contributed by atoms with E-state index in [0.29, 0.717) is 11.3 Å². The van der Waals surface area contributed by atoms with Crippen LogP contribution in [-0.4, -0.2) is 39.0 Å². The molecule has 0 amide bonds. The van der Waals surface area contributed by atoms with Gasteiger partial charge in [-0.15, -0.1) is 0 Å². The van der Waals surface area contributed by atoms with Gasteiger partial charge >= 0.3 is 5.13 Å². The number of hydrogen-bond donors (Lipinski definition) is 0. The summed E-state index contributed by atoms with van der Waals surface area (Å²) in [5.74, 6) is 0. The molecule has 1 unspecified atom stereocenters. The lowest BCUT2D eigenvalue weighted by molar-refractivity contribution is -0.385. The molecule has 2 rings (SSSR count). The van der Waals surface area contributed by atoms with Crippen LogP contribution in [0, 0.1) is 10.1 Å². The molecule has 19 heavy (non-hydrogen) atoms. The summed E-state index contributed by atoms with van der Waals surface area (Å²) in [6.07, 6.45) is 2.57. The highest BCUT2D eigenvalue weighted by Crippen LogP contribution is 2.30. The molecule has 0 fully saturated rings. The van der Waals surface area contributed by atoms with Gasteiger partial charge in [0.05, 0.1) is 22.1 Å². The van der Waals surface area contributed by atoms with Gasteiger partial charge in [-0.1, -0.05) is 11.3 Å². The highest BCUT2D eigenvalue weighted by atomic mass is 32.3. The first-order valence-electron chi connectivity index (χ1n) is 4.34. The third-order valence-corrected chi connectivity index (χ3v) is 7.56. The van der Waals surface area contributed by atoms with Crippen molar-refractivity contribution in [2.75, 3.05) is 6.26 Å². The molecule has 1 atom stereocenters. The van der Waals surface area contributed by atoms with E-state index >= 15 is 0 Å². The lowest BCUT2D eigenvalue weighted by atomic mass is 11.0. The summed E-state index contributed by atoms with van der Waals surface area (Å²) >= 11 is 1.07. The summed E-state index contributed by atoms with van der Waals surface area (Å²) in [6.45, 7) is 0. The van der Waals surface area contributed by atoms with Gasteiger partial charge in [-0.25, -0.2) is 13.4 Å². The van der Waals surface area contributed by atoms with Crippen LogP contribution in [0.2, 0.25) is 0 Å². The Morgan fingerprint density at radius 2 is 2.00 bits per heavy atom. The monoisotopic (exact) mass is 340 g/mol. The Labute approximate surface area is 116 Å². The number of rotatable bonds is 4. The standard InChI is InChI=1S/C6H4N4O5S4/c1-18(13)3-2-7-5(16-3)19(14,15)6-9-8-4(17-6)10(11)12/h2H,1H3. The quantitative estimate of drug-likeness (QED) is 0.579. The van der Waals surface area contributed by atoms with E-state index in [4.69, 9.17) is 0 Å². The second kappa shape index (κ2) is 4.99. The smallest absolute Gasteiger partial charge is 0.357 e. The fraction of sp³-hybridized carbons (Fsp3) is 0.167. The first-order valence-corrected chi connectivity index (χ1v) is 9.02. The molecule has 0 bridgehead atoms. The van der Waals surface area contributed by atoms with Gasteiger partial charge in [0.15, 0.2) is 0 Å². The number of thiazole rings is 1. The van der Waals surface area contributed by atoms with Gasteiger partial charge in [-0.2, -0.15) is 0 Å². The van der Waals surface area contributed by atoms with Gasteiger partial charge in [0.2, 0.25) is 4.34 Å². The zero-order chi connectivity index (χ0) is 14.2. The Kier molecular flexibility index (Phi) is 3.71. The SMILES string of the molecule is CS(=O)c1cnc(S(=O)(=O)c2nnc([N+](=O)[O-])s2)s1. The molecule has 9 nitrogen and oxygen atoms in total. The summed E-state index contributed by atoms with van der Waals surface area (Å²) in [5.41, 5.74) is 0. The van der Waals surface area contributed by atoms with E-state index in [1.54, 1.807) is 0 Å². The molecule has 0 spiro atoms. The maximum atomic E-state index is 12.0. The molecule has 2 heterocycles. The van der Waals surface area contributed by atoms with Crippen molar-refractivity contribution in [3.8, 4) is 0 Å². The zero-order valence-corrected chi connectivity index (χ0v) is 12.3. The summed E-state index contributed by atoms with van der Waals surface area (Å²) in [7, 11) is -5.40. The third-order valence-electron chi connectivity index (χ3n) is 1.76. The second-order valence-corrected chi connectivity index (χ2v) is 8.90. The summed E-state index contributed by atoms with van der Waals surface area (Å²) in [5, 5.41) is 16.2. The molecule has 0 aromatic carbocycles. The van der Waals surface area contributed by atoms with Gasteiger partial charge in [-0.3, -0.25) is 4.21 Å². The third kappa shape index (κ3) is 2.68. The van der Waals surface area contributed by atoms with E-state index in [-0.39, 0.29) is 8.55 Å². The number of hydrogen-bond acceptors (Lipinski definition) is 10. The number of aromatic nitrogens is 3. The molecule has 0 aliphatic carbocycles. The molecule has 0 saturated carbocycles. The fourth-order valence-corrected chi connectivity index (χ4v) is 5.30.